The fraction of sp³-hybridized carbons (Fsp3) is 0.478. The molecule has 3 rings (SSSR count). The smallest absolute Gasteiger partial charge is 0.226 e. The number of amides is 1. The van der Waals surface area contributed by atoms with Gasteiger partial charge in [0.25, 0.3) is 0 Å². The molecule has 1 amide bonds. The summed E-state index contributed by atoms with van der Waals surface area (Å²) in [6.07, 6.45) is 5.27. The number of hydrogen-bond donors (Lipinski definition) is 1. The van der Waals surface area contributed by atoms with Crippen molar-refractivity contribution in [3.63, 3.8) is 0 Å². The van der Waals surface area contributed by atoms with Gasteiger partial charge in [-0.2, -0.15) is 0 Å². The Kier molecular flexibility index (Phi) is 9.42. The zero-order valence-corrected chi connectivity index (χ0v) is 18.2. The molecule has 1 aromatic carbocycles. The van der Waals surface area contributed by atoms with Gasteiger partial charge >= 0.3 is 0 Å². The van der Waals surface area contributed by atoms with Gasteiger partial charge in [0, 0.05) is 12.2 Å². The van der Waals surface area contributed by atoms with Crippen LogP contribution in [0.15, 0.2) is 42.6 Å². The largest absolute Gasteiger partial charge is 0.493 e. The zero-order valence-electron chi connectivity index (χ0n) is 17.4. The minimum absolute atomic E-state index is 0. The third-order valence-corrected chi connectivity index (χ3v) is 5.49. The number of aryl methyl sites for hydroxylation is 1. The maximum absolute atomic E-state index is 13.1. The number of ether oxygens (including phenoxy) is 1. The van der Waals surface area contributed by atoms with E-state index in [0.717, 1.165) is 49.4 Å². The molecular formula is C23H32ClN3O2. The molecule has 0 radical (unpaired) electrons. The molecule has 0 bridgehead atoms. The summed E-state index contributed by atoms with van der Waals surface area (Å²) in [5, 5.41) is 3.43. The van der Waals surface area contributed by atoms with E-state index in [4.69, 9.17) is 4.74 Å². The Morgan fingerprint density at radius 3 is 2.83 bits per heavy atom. The van der Waals surface area contributed by atoms with Crippen molar-refractivity contribution in [2.24, 2.45) is 0 Å². The van der Waals surface area contributed by atoms with E-state index in [2.05, 4.69) is 30.2 Å². The molecule has 6 heteroatoms. The monoisotopic (exact) mass is 417 g/mol. The molecule has 2 aromatic rings. The summed E-state index contributed by atoms with van der Waals surface area (Å²) < 4.78 is 5.93. The molecule has 1 N–H and O–H groups in total. The quantitative estimate of drug-likeness (QED) is 0.738. The average Bonchev–Trinajstić information content (AvgIpc) is 2.99. The van der Waals surface area contributed by atoms with Crippen LogP contribution in [-0.4, -0.2) is 41.5 Å². The Morgan fingerprint density at radius 2 is 2.03 bits per heavy atom. The predicted molar refractivity (Wildman–Crippen MR) is 119 cm³/mol. The van der Waals surface area contributed by atoms with Crippen LogP contribution in [0, 0.1) is 13.8 Å². The van der Waals surface area contributed by atoms with E-state index in [0.29, 0.717) is 19.6 Å². The molecule has 1 aliphatic heterocycles. The van der Waals surface area contributed by atoms with Gasteiger partial charge in [0.1, 0.15) is 5.75 Å². The topological polar surface area (TPSA) is 54.5 Å². The number of nitrogens with zero attached hydrogens (tertiary/aromatic N) is 2. The van der Waals surface area contributed by atoms with Gasteiger partial charge in [-0.3, -0.25) is 9.78 Å². The molecule has 1 saturated heterocycles. The van der Waals surface area contributed by atoms with Crippen molar-refractivity contribution in [2.75, 3.05) is 19.7 Å². The molecule has 5 nitrogen and oxygen atoms in total. The fourth-order valence-electron chi connectivity index (χ4n) is 3.67. The molecule has 1 fully saturated rings. The van der Waals surface area contributed by atoms with E-state index >= 15 is 0 Å². The predicted octanol–water partition coefficient (Wildman–Crippen LogP) is 4.06. The summed E-state index contributed by atoms with van der Waals surface area (Å²) in [5.41, 5.74) is 3.27. The highest BCUT2D eigenvalue weighted by Gasteiger charge is 2.25. The highest BCUT2D eigenvalue weighted by molar-refractivity contribution is 5.85. The van der Waals surface area contributed by atoms with E-state index in [-0.39, 0.29) is 24.4 Å². The van der Waals surface area contributed by atoms with Crippen LogP contribution in [0.4, 0.5) is 0 Å². The Balaban J connectivity index is 0.00000300. The molecule has 29 heavy (non-hydrogen) atoms. The van der Waals surface area contributed by atoms with Crippen molar-refractivity contribution in [3.8, 4) is 5.75 Å². The number of hydrogen-bond acceptors (Lipinski definition) is 4. The standard InChI is InChI=1S/C23H31N3O2.ClH/c1-18-7-5-10-22(19(18)2)28-16-12-23(27)26(17-20-8-3-4-14-25-20)21-9-6-13-24-15-11-21;/h3-5,7-8,10,14,21,24H,6,9,11-13,15-17H2,1-2H3;1H. The summed E-state index contributed by atoms with van der Waals surface area (Å²) in [7, 11) is 0. The van der Waals surface area contributed by atoms with E-state index in [1.165, 1.54) is 5.56 Å². The summed E-state index contributed by atoms with van der Waals surface area (Å²) in [5.74, 6) is 1.01. The maximum Gasteiger partial charge on any atom is 0.226 e. The first-order valence-corrected chi connectivity index (χ1v) is 10.2. The first kappa shape index (κ1) is 23.2. The molecule has 1 aromatic heterocycles. The number of pyridine rings is 1. The van der Waals surface area contributed by atoms with Crippen LogP contribution >= 0.6 is 12.4 Å². The molecule has 1 atom stereocenters. The van der Waals surface area contributed by atoms with Crippen molar-refractivity contribution in [2.45, 2.75) is 52.1 Å². The van der Waals surface area contributed by atoms with Crippen LogP contribution < -0.4 is 10.1 Å². The fourth-order valence-corrected chi connectivity index (χ4v) is 3.67. The van der Waals surface area contributed by atoms with Gasteiger partial charge in [-0.1, -0.05) is 18.2 Å². The van der Waals surface area contributed by atoms with Gasteiger partial charge in [-0.25, -0.2) is 0 Å². The van der Waals surface area contributed by atoms with Gasteiger partial charge in [0.2, 0.25) is 5.91 Å². The van der Waals surface area contributed by atoms with Crippen LogP contribution in [0.3, 0.4) is 0 Å². The third-order valence-electron chi connectivity index (χ3n) is 5.49. The van der Waals surface area contributed by atoms with Crippen LogP contribution in [0.1, 0.15) is 42.5 Å². The van der Waals surface area contributed by atoms with Crippen LogP contribution in [0.25, 0.3) is 0 Å². The summed E-state index contributed by atoms with van der Waals surface area (Å²) in [4.78, 5) is 19.5. The number of benzene rings is 1. The van der Waals surface area contributed by atoms with Gasteiger partial charge in [-0.15, -0.1) is 12.4 Å². The molecular weight excluding hydrogens is 386 g/mol. The first-order chi connectivity index (χ1) is 13.6. The lowest BCUT2D eigenvalue weighted by Gasteiger charge is -2.31. The normalized spacial score (nSPS) is 16.4. The molecule has 0 saturated carbocycles. The number of nitrogens with one attached hydrogen (secondary N) is 1. The van der Waals surface area contributed by atoms with Crippen LogP contribution in [0.2, 0.25) is 0 Å². The second-order valence-electron chi connectivity index (χ2n) is 7.47. The first-order valence-electron chi connectivity index (χ1n) is 10.2. The third kappa shape index (κ3) is 6.72. The number of carbonyl (C=O) groups excluding carboxylic acids is 1. The van der Waals surface area contributed by atoms with E-state index < -0.39 is 0 Å². The maximum atomic E-state index is 13.1. The average molecular weight is 418 g/mol. The minimum atomic E-state index is 0. The van der Waals surface area contributed by atoms with Crippen molar-refractivity contribution < 1.29 is 9.53 Å². The Morgan fingerprint density at radius 1 is 1.17 bits per heavy atom. The zero-order chi connectivity index (χ0) is 19.8. The minimum Gasteiger partial charge on any atom is -0.493 e. The summed E-state index contributed by atoms with van der Waals surface area (Å²) in [6, 6.07) is 12.2. The van der Waals surface area contributed by atoms with E-state index in [9.17, 15) is 4.79 Å². The van der Waals surface area contributed by atoms with E-state index in [1.54, 1.807) is 6.20 Å². The highest BCUT2D eigenvalue weighted by Crippen LogP contribution is 2.21. The number of halogens is 1. The van der Waals surface area contributed by atoms with E-state index in [1.807, 2.05) is 35.2 Å². The lowest BCUT2D eigenvalue weighted by Crippen LogP contribution is -2.41. The summed E-state index contributed by atoms with van der Waals surface area (Å²) in [6.45, 7) is 7.06. The summed E-state index contributed by atoms with van der Waals surface area (Å²) >= 11 is 0. The lowest BCUT2D eigenvalue weighted by atomic mass is 10.1. The Labute approximate surface area is 180 Å². The second kappa shape index (κ2) is 11.8. The van der Waals surface area contributed by atoms with Crippen molar-refractivity contribution in [3.05, 3.63) is 59.4 Å². The van der Waals surface area contributed by atoms with Gasteiger partial charge in [0.05, 0.1) is 25.3 Å². The number of carbonyl (C=O) groups is 1. The second-order valence-corrected chi connectivity index (χ2v) is 7.47. The number of aromatic nitrogens is 1. The number of rotatable bonds is 7. The molecule has 0 spiro atoms. The SMILES string of the molecule is Cc1cccc(OCCC(=O)N(Cc2ccccn2)C2CCCNCC2)c1C.Cl. The van der Waals surface area contributed by atoms with Crippen molar-refractivity contribution in [1.82, 2.24) is 15.2 Å². The van der Waals surface area contributed by atoms with Crippen LogP contribution in [-0.2, 0) is 11.3 Å². The lowest BCUT2D eigenvalue weighted by molar-refractivity contribution is -0.135. The molecule has 158 valence electrons. The highest BCUT2D eigenvalue weighted by atomic mass is 35.5. The van der Waals surface area contributed by atoms with Gasteiger partial charge in [-0.05, 0) is 75.5 Å². The molecule has 1 unspecified atom stereocenters. The van der Waals surface area contributed by atoms with Gasteiger partial charge in [0.15, 0.2) is 0 Å². The Bertz CT molecular complexity index is 762. The molecule has 0 aliphatic carbocycles. The molecule has 1 aliphatic rings. The van der Waals surface area contributed by atoms with Crippen molar-refractivity contribution in [1.29, 1.82) is 0 Å². The van der Waals surface area contributed by atoms with Crippen molar-refractivity contribution >= 4 is 18.3 Å². The van der Waals surface area contributed by atoms with Gasteiger partial charge < -0.3 is 15.0 Å². The van der Waals surface area contributed by atoms with Crippen LogP contribution in [0.5, 0.6) is 5.75 Å². The Hall–Kier alpha value is -2.11. The molecule has 2 heterocycles.